The van der Waals surface area contributed by atoms with Crippen LogP contribution in [0.15, 0.2) is 106 Å². The molecule has 0 saturated carbocycles. The Balaban J connectivity index is 1.81. The van der Waals surface area contributed by atoms with Gasteiger partial charge in [0.1, 0.15) is 5.75 Å². The molecule has 2 nitrogen and oxygen atoms in total. The third-order valence-electron chi connectivity index (χ3n) is 3.17. The predicted molar refractivity (Wildman–Crippen MR) is 107 cm³/mol. The largest absolute Gasteiger partial charge is 0.439 e. The number of hydrogen-bond acceptors (Lipinski definition) is 3. The molecule has 0 saturated heterocycles. The molecule has 0 amide bonds. The van der Waals surface area contributed by atoms with Gasteiger partial charge < -0.3 is 4.74 Å². The molecule has 0 atom stereocenters. The lowest BCUT2D eigenvalue weighted by atomic mass is 10.3. The maximum absolute atomic E-state index is 6.04. The van der Waals surface area contributed by atoms with Crippen molar-refractivity contribution >= 4 is 34.9 Å². The molecule has 124 valence electrons. The van der Waals surface area contributed by atoms with Gasteiger partial charge in [-0.3, -0.25) is 0 Å². The van der Waals surface area contributed by atoms with E-state index in [1.807, 2.05) is 78.2 Å². The number of nitrogens with zero attached hydrogens (tertiary/aromatic N) is 1. The molecule has 0 aliphatic carbocycles. The lowest BCUT2D eigenvalue weighted by molar-refractivity contribution is 0.556. The van der Waals surface area contributed by atoms with E-state index in [-0.39, 0.29) is 0 Å². The first-order valence-corrected chi connectivity index (χ1v) is 9.01. The van der Waals surface area contributed by atoms with Gasteiger partial charge in [0.05, 0.1) is 5.69 Å². The van der Waals surface area contributed by atoms with E-state index in [9.17, 15) is 0 Å². The number of halogens is 1. The van der Waals surface area contributed by atoms with Crippen LogP contribution in [0, 0.1) is 0 Å². The zero-order valence-corrected chi connectivity index (χ0v) is 15.0. The summed E-state index contributed by atoms with van der Waals surface area (Å²) in [5.41, 5.74) is 0.743. The highest BCUT2D eigenvalue weighted by Crippen LogP contribution is 2.21. The van der Waals surface area contributed by atoms with E-state index in [2.05, 4.69) is 17.1 Å². The Bertz CT molecular complexity index is 863. The summed E-state index contributed by atoms with van der Waals surface area (Å²) in [5, 5.41) is 2.60. The molecule has 0 aliphatic heterocycles. The van der Waals surface area contributed by atoms with E-state index in [0.29, 0.717) is 10.9 Å². The SMILES string of the molecule is Clc1cccc(N=C(C=CSc2ccccc2)Oc2ccccc2)c1. The van der Waals surface area contributed by atoms with Crippen LogP contribution in [0.25, 0.3) is 0 Å². The maximum Gasteiger partial charge on any atom is 0.220 e. The molecule has 0 spiro atoms. The lowest BCUT2D eigenvalue weighted by Crippen LogP contribution is -2.04. The third kappa shape index (κ3) is 5.82. The molecule has 4 heteroatoms. The highest BCUT2D eigenvalue weighted by Gasteiger charge is 2.01. The standard InChI is InChI=1S/C21H16ClNOS/c22-17-8-7-9-18(16-17)23-21(24-19-10-3-1-4-11-19)14-15-25-20-12-5-2-6-13-20/h1-16H. The molecule has 0 heterocycles. The Morgan fingerprint density at radius 2 is 1.60 bits per heavy atom. The summed E-state index contributed by atoms with van der Waals surface area (Å²) >= 11 is 7.65. The zero-order chi connectivity index (χ0) is 17.3. The van der Waals surface area contributed by atoms with Crippen molar-refractivity contribution in [3.05, 3.63) is 101 Å². The van der Waals surface area contributed by atoms with E-state index >= 15 is 0 Å². The second-order valence-corrected chi connectivity index (χ2v) is 6.49. The van der Waals surface area contributed by atoms with Gasteiger partial charge in [0, 0.05) is 16.0 Å². The van der Waals surface area contributed by atoms with Gasteiger partial charge in [-0.25, -0.2) is 4.99 Å². The number of aliphatic imine (C=N–C) groups is 1. The zero-order valence-electron chi connectivity index (χ0n) is 13.4. The van der Waals surface area contributed by atoms with Gasteiger partial charge in [0.25, 0.3) is 0 Å². The van der Waals surface area contributed by atoms with Gasteiger partial charge >= 0.3 is 0 Å². The summed E-state index contributed by atoms with van der Waals surface area (Å²) in [6.07, 6.45) is 1.85. The molecular weight excluding hydrogens is 350 g/mol. The summed E-state index contributed by atoms with van der Waals surface area (Å²) in [5.74, 6) is 1.23. The number of para-hydroxylation sites is 1. The minimum Gasteiger partial charge on any atom is -0.439 e. The van der Waals surface area contributed by atoms with Gasteiger partial charge in [-0.1, -0.05) is 65.8 Å². The van der Waals surface area contributed by atoms with Crippen molar-refractivity contribution in [2.24, 2.45) is 4.99 Å². The first kappa shape index (κ1) is 17.3. The normalized spacial score (nSPS) is 11.6. The van der Waals surface area contributed by atoms with Crippen molar-refractivity contribution in [1.29, 1.82) is 0 Å². The monoisotopic (exact) mass is 365 g/mol. The molecule has 3 aromatic rings. The van der Waals surface area contributed by atoms with Gasteiger partial charge in [-0.2, -0.15) is 0 Å². The fraction of sp³-hybridized carbons (Fsp3) is 0. The minimum absolute atomic E-state index is 0.497. The van der Waals surface area contributed by atoms with E-state index in [1.165, 1.54) is 0 Å². The smallest absolute Gasteiger partial charge is 0.220 e. The highest BCUT2D eigenvalue weighted by atomic mass is 35.5. The van der Waals surface area contributed by atoms with Crippen LogP contribution in [0.5, 0.6) is 5.75 Å². The second kappa shape index (κ2) is 9.11. The molecule has 25 heavy (non-hydrogen) atoms. The van der Waals surface area contributed by atoms with E-state index in [1.54, 1.807) is 17.8 Å². The van der Waals surface area contributed by atoms with Gasteiger partial charge in [0.15, 0.2) is 0 Å². The van der Waals surface area contributed by atoms with E-state index in [4.69, 9.17) is 16.3 Å². The van der Waals surface area contributed by atoms with Crippen LogP contribution < -0.4 is 4.74 Å². The molecule has 3 rings (SSSR count). The number of hydrogen-bond donors (Lipinski definition) is 0. The molecule has 0 unspecified atom stereocenters. The summed E-state index contributed by atoms with van der Waals surface area (Å²) < 4.78 is 5.90. The maximum atomic E-state index is 6.04. The number of ether oxygens (including phenoxy) is 1. The summed E-state index contributed by atoms with van der Waals surface area (Å²) in [6.45, 7) is 0. The molecule has 0 N–H and O–H groups in total. The Morgan fingerprint density at radius 3 is 2.32 bits per heavy atom. The molecule has 0 bridgehead atoms. The van der Waals surface area contributed by atoms with Crippen LogP contribution in [-0.2, 0) is 0 Å². The first-order valence-electron chi connectivity index (χ1n) is 7.75. The van der Waals surface area contributed by atoms with Crippen LogP contribution >= 0.6 is 23.4 Å². The minimum atomic E-state index is 0.497. The predicted octanol–water partition coefficient (Wildman–Crippen LogP) is 6.76. The average molecular weight is 366 g/mol. The number of benzene rings is 3. The van der Waals surface area contributed by atoms with Crippen LogP contribution in [0.3, 0.4) is 0 Å². The van der Waals surface area contributed by atoms with Crippen molar-refractivity contribution in [1.82, 2.24) is 0 Å². The van der Waals surface area contributed by atoms with E-state index in [0.717, 1.165) is 16.3 Å². The van der Waals surface area contributed by atoms with Crippen molar-refractivity contribution in [2.45, 2.75) is 4.90 Å². The quantitative estimate of drug-likeness (QED) is 0.283. The Hall–Kier alpha value is -2.49. The molecule has 0 aliphatic rings. The van der Waals surface area contributed by atoms with Crippen LogP contribution in [-0.4, -0.2) is 5.90 Å². The topological polar surface area (TPSA) is 21.6 Å². The third-order valence-corrected chi connectivity index (χ3v) is 4.22. The summed E-state index contributed by atoms with van der Waals surface area (Å²) in [4.78, 5) is 5.71. The molecule has 0 fully saturated rings. The van der Waals surface area contributed by atoms with Crippen molar-refractivity contribution in [3.8, 4) is 5.75 Å². The van der Waals surface area contributed by atoms with Crippen molar-refractivity contribution in [3.63, 3.8) is 0 Å². The van der Waals surface area contributed by atoms with Crippen LogP contribution in [0.1, 0.15) is 0 Å². The second-order valence-electron chi connectivity index (χ2n) is 5.08. The molecule has 0 aromatic heterocycles. The summed E-state index contributed by atoms with van der Waals surface area (Å²) in [7, 11) is 0. The Morgan fingerprint density at radius 1 is 0.880 bits per heavy atom. The fourth-order valence-electron chi connectivity index (χ4n) is 2.05. The van der Waals surface area contributed by atoms with Gasteiger partial charge in [-0.15, -0.1) is 0 Å². The van der Waals surface area contributed by atoms with Gasteiger partial charge in [0.2, 0.25) is 5.90 Å². The Labute approximate surface area is 156 Å². The number of rotatable bonds is 5. The van der Waals surface area contributed by atoms with E-state index < -0.39 is 0 Å². The molecule has 0 radical (unpaired) electrons. The van der Waals surface area contributed by atoms with Gasteiger partial charge in [-0.05, 0) is 47.9 Å². The Kier molecular flexibility index (Phi) is 6.32. The average Bonchev–Trinajstić information content (AvgIpc) is 2.63. The van der Waals surface area contributed by atoms with Crippen LogP contribution in [0.4, 0.5) is 5.69 Å². The van der Waals surface area contributed by atoms with Crippen molar-refractivity contribution in [2.75, 3.05) is 0 Å². The molecule has 3 aromatic carbocycles. The molecular formula is C21H16ClNOS. The number of thioether (sulfide) groups is 1. The van der Waals surface area contributed by atoms with Crippen molar-refractivity contribution < 1.29 is 4.74 Å². The fourth-order valence-corrected chi connectivity index (χ4v) is 2.89. The highest BCUT2D eigenvalue weighted by molar-refractivity contribution is 8.02. The van der Waals surface area contributed by atoms with Crippen LogP contribution in [0.2, 0.25) is 5.02 Å². The first-order chi connectivity index (χ1) is 12.3. The lowest BCUT2D eigenvalue weighted by Gasteiger charge is -2.06. The summed E-state index contributed by atoms with van der Waals surface area (Å²) in [6, 6.07) is 27.1.